The number of esters is 2. The fourth-order valence-electron chi connectivity index (χ4n) is 7.90. The molecule has 0 aromatic carbocycles. The van der Waals surface area contributed by atoms with Crippen molar-refractivity contribution < 1.29 is 23.8 Å². The van der Waals surface area contributed by atoms with Crippen LogP contribution in [-0.2, 0) is 23.8 Å². The maximum Gasteiger partial charge on any atom is 0.306 e. The van der Waals surface area contributed by atoms with Crippen LogP contribution in [0.1, 0.15) is 290 Å². The van der Waals surface area contributed by atoms with Gasteiger partial charge in [0.05, 0.1) is 6.61 Å². The minimum absolute atomic E-state index is 0.0880. The molecule has 0 aliphatic heterocycles. The molecule has 0 fully saturated rings. The van der Waals surface area contributed by atoms with Crippen molar-refractivity contribution in [2.75, 3.05) is 19.8 Å². The Bertz CT molecular complexity index is 913. The van der Waals surface area contributed by atoms with Gasteiger partial charge in [0.1, 0.15) is 6.61 Å². The zero-order valence-electron chi connectivity index (χ0n) is 40.7. The summed E-state index contributed by atoms with van der Waals surface area (Å²) in [5.74, 6) is -0.392. The van der Waals surface area contributed by atoms with Crippen molar-refractivity contribution in [3.8, 4) is 0 Å². The molecule has 0 saturated carbocycles. The minimum atomic E-state index is -0.534. The minimum Gasteiger partial charge on any atom is -0.462 e. The molecule has 0 aromatic heterocycles. The van der Waals surface area contributed by atoms with E-state index in [1.807, 2.05) is 0 Å². The molecule has 354 valence electrons. The SMILES string of the molecule is CCCC/C=C\CCCCCCCC(=O)OC(COCCCCCCCCCCCC/C=C\CCCCCCCC)COC(=O)CCCCCCCCCCCCCCC. The average Bonchev–Trinajstić information content (AvgIpc) is 3.25. The molecule has 0 N–H and O–H groups in total. The first kappa shape index (κ1) is 58.4. The normalized spacial score (nSPS) is 12.2. The predicted octanol–water partition coefficient (Wildman–Crippen LogP) is 18.0. The Balaban J connectivity index is 4.16. The summed E-state index contributed by atoms with van der Waals surface area (Å²) in [5.41, 5.74) is 0. The highest BCUT2D eigenvalue weighted by Gasteiger charge is 2.17. The van der Waals surface area contributed by atoms with Crippen molar-refractivity contribution >= 4 is 11.9 Å². The molecule has 1 atom stereocenters. The Morgan fingerprint density at radius 2 is 0.667 bits per heavy atom. The third-order valence-corrected chi connectivity index (χ3v) is 12.0. The van der Waals surface area contributed by atoms with Gasteiger partial charge in [0.15, 0.2) is 6.10 Å². The van der Waals surface area contributed by atoms with Crippen LogP contribution >= 0.6 is 0 Å². The van der Waals surface area contributed by atoms with Gasteiger partial charge in [-0.05, 0) is 64.2 Å². The summed E-state index contributed by atoms with van der Waals surface area (Å²) < 4.78 is 17.4. The highest BCUT2D eigenvalue weighted by Crippen LogP contribution is 2.16. The van der Waals surface area contributed by atoms with Gasteiger partial charge in [0.2, 0.25) is 0 Å². The number of hydrogen-bond donors (Lipinski definition) is 0. The fraction of sp³-hybridized carbons (Fsp3) is 0.891. The summed E-state index contributed by atoms with van der Waals surface area (Å²) in [6.07, 6.45) is 60.5. The zero-order chi connectivity index (χ0) is 43.5. The van der Waals surface area contributed by atoms with Crippen LogP contribution in [0.3, 0.4) is 0 Å². The Morgan fingerprint density at radius 1 is 0.350 bits per heavy atom. The standard InChI is InChI=1S/C55H104O5/c1-4-7-10-13-16-19-22-24-25-26-27-28-29-30-32-35-38-41-44-47-50-58-51-53(60-55(57)49-46-43-40-37-33-21-18-15-12-9-6-3)52-59-54(56)48-45-42-39-36-34-31-23-20-17-14-11-8-5-2/h15,18,24-25,53H,4-14,16-17,19-23,26-52H2,1-3H3/b18-15-,25-24-. The molecule has 0 saturated heterocycles. The third-order valence-electron chi connectivity index (χ3n) is 12.0. The Hall–Kier alpha value is -1.62. The first-order chi connectivity index (χ1) is 29.6. The molecule has 1 unspecified atom stereocenters. The van der Waals surface area contributed by atoms with Crippen LogP contribution in [0.25, 0.3) is 0 Å². The molecule has 0 rings (SSSR count). The zero-order valence-corrected chi connectivity index (χ0v) is 40.7. The van der Waals surface area contributed by atoms with Crippen molar-refractivity contribution in [3.05, 3.63) is 24.3 Å². The molecule has 0 aromatic rings. The molecule has 0 spiro atoms. The van der Waals surface area contributed by atoms with Crippen LogP contribution in [0.4, 0.5) is 0 Å². The largest absolute Gasteiger partial charge is 0.462 e. The van der Waals surface area contributed by atoms with E-state index in [1.165, 1.54) is 212 Å². The number of allylic oxidation sites excluding steroid dienone is 4. The van der Waals surface area contributed by atoms with Gasteiger partial charge >= 0.3 is 11.9 Å². The van der Waals surface area contributed by atoms with Gasteiger partial charge in [-0.15, -0.1) is 0 Å². The van der Waals surface area contributed by atoms with Crippen molar-refractivity contribution in [2.24, 2.45) is 0 Å². The van der Waals surface area contributed by atoms with Crippen LogP contribution in [-0.4, -0.2) is 37.9 Å². The number of carbonyl (C=O) groups excluding carboxylic acids is 2. The number of rotatable bonds is 50. The van der Waals surface area contributed by atoms with E-state index in [2.05, 4.69) is 45.1 Å². The van der Waals surface area contributed by atoms with E-state index in [9.17, 15) is 9.59 Å². The first-order valence-corrected chi connectivity index (χ1v) is 26.9. The molecule has 0 aliphatic rings. The molecule has 0 radical (unpaired) electrons. The molecular formula is C55H104O5. The molecule has 60 heavy (non-hydrogen) atoms. The van der Waals surface area contributed by atoms with Gasteiger partial charge in [-0.3, -0.25) is 9.59 Å². The van der Waals surface area contributed by atoms with Gasteiger partial charge in [-0.2, -0.15) is 0 Å². The number of hydrogen-bond acceptors (Lipinski definition) is 5. The lowest BCUT2D eigenvalue weighted by atomic mass is 10.0. The van der Waals surface area contributed by atoms with Crippen LogP contribution in [0.5, 0.6) is 0 Å². The highest BCUT2D eigenvalue weighted by atomic mass is 16.6. The van der Waals surface area contributed by atoms with Crippen molar-refractivity contribution in [2.45, 2.75) is 297 Å². The maximum atomic E-state index is 12.8. The van der Waals surface area contributed by atoms with E-state index in [0.29, 0.717) is 26.1 Å². The fourth-order valence-corrected chi connectivity index (χ4v) is 7.90. The van der Waals surface area contributed by atoms with Crippen molar-refractivity contribution in [1.29, 1.82) is 0 Å². The summed E-state index contributed by atoms with van der Waals surface area (Å²) in [7, 11) is 0. The van der Waals surface area contributed by atoms with Crippen LogP contribution in [0, 0.1) is 0 Å². The Labute approximate surface area is 375 Å². The monoisotopic (exact) mass is 845 g/mol. The Morgan fingerprint density at radius 3 is 1.07 bits per heavy atom. The molecule has 0 amide bonds. The smallest absolute Gasteiger partial charge is 0.306 e. The van der Waals surface area contributed by atoms with Crippen LogP contribution in [0.2, 0.25) is 0 Å². The van der Waals surface area contributed by atoms with Gasteiger partial charge in [0.25, 0.3) is 0 Å². The van der Waals surface area contributed by atoms with Crippen molar-refractivity contribution in [1.82, 2.24) is 0 Å². The quantitative estimate of drug-likeness (QED) is 0.0347. The number of carbonyl (C=O) groups is 2. The van der Waals surface area contributed by atoms with Gasteiger partial charge in [0, 0.05) is 19.4 Å². The van der Waals surface area contributed by atoms with Crippen LogP contribution < -0.4 is 0 Å². The van der Waals surface area contributed by atoms with E-state index in [0.717, 1.165) is 44.9 Å². The van der Waals surface area contributed by atoms with Gasteiger partial charge in [-0.1, -0.05) is 238 Å². The lowest BCUT2D eigenvalue weighted by Gasteiger charge is -2.18. The van der Waals surface area contributed by atoms with Gasteiger partial charge in [-0.25, -0.2) is 0 Å². The van der Waals surface area contributed by atoms with Gasteiger partial charge < -0.3 is 14.2 Å². The van der Waals surface area contributed by atoms with E-state index in [-0.39, 0.29) is 18.5 Å². The van der Waals surface area contributed by atoms with E-state index < -0.39 is 6.10 Å². The second kappa shape index (κ2) is 51.7. The summed E-state index contributed by atoms with van der Waals surface area (Å²) in [5, 5.41) is 0. The molecule has 0 bridgehead atoms. The summed E-state index contributed by atoms with van der Waals surface area (Å²) in [6.45, 7) is 7.83. The number of ether oxygens (including phenoxy) is 3. The van der Waals surface area contributed by atoms with Crippen molar-refractivity contribution in [3.63, 3.8) is 0 Å². The highest BCUT2D eigenvalue weighted by molar-refractivity contribution is 5.70. The van der Waals surface area contributed by atoms with E-state index in [1.54, 1.807) is 0 Å². The number of unbranched alkanes of at least 4 members (excludes halogenated alkanes) is 35. The average molecular weight is 845 g/mol. The second-order valence-electron chi connectivity index (χ2n) is 18.1. The Kier molecular flexibility index (Phi) is 50.3. The molecular weight excluding hydrogens is 741 g/mol. The second-order valence-corrected chi connectivity index (χ2v) is 18.1. The maximum absolute atomic E-state index is 12.8. The lowest BCUT2D eigenvalue weighted by Crippen LogP contribution is -2.30. The molecule has 0 aliphatic carbocycles. The summed E-state index contributed by atoms with van der Waals surface area (Å²) in [4.78, 5) is 25.3. The lowest BCUT2D eigenvalue weighted by molar-refractivity contribution is -0.163. The third kappa shape index (κ3) is 49.0. The molecule has 5 nitrogen and oxygen atoms in total. The molecule has 5 heteroatoms. The van der Waals surface area contributed by atoms with Crippen LogP contribution in [0.15, 0.2) is 24.3 Å². The molecule has 0 heterocycles. The van der Waals surface area contributed by atoms with E-state index in [4.69, 9.17) is 14.2 Å². The summed E-state index contributed by atoms with van der Waals surface area (Å²) >= 11 is 0. The summed E-state index contributed by atoms with van der Waals surface area (Å²) in [6, 6.07) is 0. The predicted molar refractivity (Wildman–Crippen MR) is 261 cm³/mol. The van der Waals surface area contributed by atoms with E-state index >= 15 is 0 Å². The topological polar surface area (TPSA) is 61.8 Å². The first-order valence-electron chi connectivity index (χ1n) is 26.9.